The third-order valence-electron chi connectivity index (χ3n) is 19.9. The van der Waals surface area contributed by atoms with Gasteiger partial charge in [0, 0.05) is 58.0 Å². The average molecular weight is 1810 g/mol. The molecule has 9 aliphatic heterocycles. The van der Waals surface area contributed by atoms with Crippen LogP contribution < -0.4 is 22.5 Å². The summed E-state index contributed by atoms with van der Waals surface area (Å²) in [7, 11) is 7.90. The number of halogens is 1. The summed E-state index contributed by atoms with van der Waals surface area (Å²) in [5.41, 5.74) is 18.7. The summed E-state index contributed by atoms with van der Waals surface area (Å²) in [5, 5.41) is 85.5. The number of hydrogen-bond donors (Lipinski definition) is 12. The first-order chi connectivity index (χ1) is 53.6. The second-order valence-electron chi connectivity index (χ2n) is 33.2. The minimum absolute atomic E-state index is 0.203. The van der Waals surface area contributed by atoms with E-state index in [0.717, 1.165) is 54.9 Å². The van der Waals surface area contributed by atoms with E-state index in [4.69, 9.17) is 72.1 Å². The number of nitrogens with one attached hydrogen (secondary N) is 1. The minimum Gasteiger partial charge on any atom is -0.491 e. The lowest BCUT2D eigenvalue weighted by Crippen LogP contribution is -2.43. The molecule has 1 amide bonds. The highest BCUT2D eigenvalue weighted by Crippen LogP contribution is 2.45. The predicted molar refractivity (Wildman–Crippen MR) is 484 cm³/mol. The number of nitrogens with zero attached hydrogens (tertiary/aromatic N) is 10. The molecule has 10 heterocycles. The molecule has 39 heteroatoms. The molecule has 5 saturated heterocycles. The van der Waals surface area contributed by atoms with Crippen LogP contribution in [0, 0.1) is 11.7 Å². The van der Waals surface area contributed by atoms with Crippen LogP contribution in [-0.2, 0) is 54.5 Å². The van der Waals surface area contributed by atoms with Gasteiger partial charge in [-0.2, -0.15) is 0 Å². The lowest BCUT2D eigenvalue weighted by molar-refractivity contribution is -0.117. The van der Waals surface area contributed by atoms with Crippen molar-refractivity contribution in [1.29, 1.82) is 0 Å². The highest BCUT2D eigenvalue weighted by Gasteiger charge is 2.51. The van der Waals surface area contributed by atoms with Crippen LogP contribution in [0.5, 0.6) is 0 Å². The van der Waals surface area contributed by atoms with E-state index in [9.17, 15) is 45.6 Å². The monoisotopic (exact) mass is 1800 g/mol. The van der Waals surface area contributed by atoms with Crippen LogP contribution in [0.3, 0.4) is 0 Å². The molecular weight excluding hydrogens is 1680 g/mol. The van der Waals surface area contributed by atoms with Gasteiger partial charge in [0.2, 0.25) is 5.91 Å². The number of rotatable bonds is 24. The molecule has 1 aromatic rings. The van der Waals surface area contributed by atoms with E-state index in [1.165, 1.54) is 26.0 Å². The van der Waals surface area contributed by atoms with E-state index in [0.29, 0.717) is 75.0 Å². The molecular formula is C77H130BrN14O18P5S. The number of aliphatic hydroxyl groups is 8. The Hall–Kier alpha value is -5.05. The quantitative estimate of drug-likeness (QED) is 0.0495. The van der Waals surface area contributed by atoms with Crippen molar-refractivity contribution in [3.8, 4) is 0 Å². The zero-order chi connectivity index (χ0) is 87.5. The standard InChI is InChI=1S/C17H28N3O4P.C16H28N3O4P.C15H26N3O4P.C15H25N2O3PS.C14H23BrN3O3P/c1-11-18-14(19-12(2)21)7-9-20(11)17-16(23-3)15(22)13(24-17)8-10-25(4,5)6;1-10-18-15(17)12(21-2)9-19(10)16-14(22-3)13(20)11(23-16)7-8-24(4,5)6;1-9-17-14(16)11(21-2)8-18(9)15-13(20)12(19)10(22-15)6-7-23(3,4)5;1-9-10(8-17(2)15(22)16-9)14-13(19)12(18)11(20-14)6-7-21(3,4)5;1-8-17-13(16)9(15)7-18(8)14-12(20)11(19)10(21-14)5-6-22(2,3)4/h7,9,13,15-17,22H,1,4,8,10H2,2-3,5-6H3,(H,18,19,21);9,11,13-14,16,20H,1,4,7-8H2,2-3,5-6H3,(H2,17,18);8,10,12-13,15,19-20H,1,3,6-7H2,2,4-5H3,(H2,16,17);8,11-14,18-19H,3,6-7H2,1-2,4-5H3;7,10-12,14,19-20H,1-2,5-6H2,3-4H3,(H2,16,17)/t13-,15-,16-,17-;11-,13-,14-,16-;10-,12-,13-,15-;11-,12-,13-,14+;10-,11-,12-,14-/m11111/s1. The summed E-state index contributed by atoms with van der Waals surface area (Å²) in [6.07, 6.45) is 25.6. The Morgan fingerprint density at radius 2 is 0.836 bits per heavy atom. The molecule has 0 radical (unpaired) electrons. The van der Waals surface area contributed by atoms with Crippen molar-refractivity contribution in [1.82, 2.24) is 34.5 Å². The Morgan fingerprint density at radius 3 is 1.20 bits per heavy atom. The van der Waals surface area contributed by atoms with Crippen molar-refractivity contribution < 1.29 is 88.3 Å². The molecule has 0 unspecified atom stereocenters. The number of hydrogen-bond acceptors (Lipinski definition) is 31. The van der Waals surface area contributed by atoms with E-state index in [1.807, 2.05) is 20.2 Å². The van der Waals surface area contributed by atoms with Gasteiger partial charge in [0.05, 0.1) is 61.6 Å². The Balaban J connectivity index is 0.000000226. The van der Waals surface area contributed by atoms with Gasteiger partial charge in [0.25, 0.3) is 0 Å². The number of amidine groups is 4. The number of ether oxygens (including phenoxy) is 9. The first kappa shape index (κ1) is 99.8. The highest BCUT2D eigenvalue weighted by molar-refractivity contribution is 9.12. The van der Waals surface area contributed by atoms with Crippen molar-refractivity contribution >= 4 is 123 Å². The van der Waals surface area contributed by atoms with Crippen LogP contribution >= 0.6 is 62.6 Å². The molecule has 10 rings (SSSR count). The Bertz CT molecular complexity index is 4280. The summed E-state index contributed by atoms with van der Waals surface area (Å²) in [6.45, 7) is 34.1. The molecule has 1 aromatic heterocycles. The third-order valence-corrected chi connectivity index (χ3v) is 28.2. The fraction of sp³-hybridized carbons (Fsp3) is 0.610. The van der Waals surface area contributed by atoms with Crippen molar-refractivity contribution in [2.45, 2.75) is 169 Å². The number of aromatic nitrogens is 2. The lowest BCUT2D eigenvalue weighted by atomic mass is 10.0. The average Bonchev–Trinajstić information content (AvgIpc) is 1.66. The summed E-state index contributed by atoms with van der Waals surface area (Å²) < 4.78 is 53.9. The van der Waals surface area contributed by atoms with Crippen LogP contribution in [0.2, 0.25) is 0 Å². The van der Waals surface area contributed by atoms with Gasteiger partial charge in [-0.15, -0.1) is 65.9 Å². The summed E-state index contributed by atoms with van der Waals surface area (Å²) >= 11 is 8.42. The van der Waals surface area contributed by atoms with Gasteiger partial charge >= 0.3 is 0 Å². The van der Waals surface area contributed by atoms with Crippen molar-refractivity contribution in [3.05, 3.63) is 119 Å². The normalized spacial score (nSPS) is 30.9. The molecule has 116 heavy (non-hydrogen) atoms. The van der Waals surface area contributed by atoms with Crippen LogP contribution in [0.4, 0.5) is 0 Å². The lowest BCUT2D eigenvalue weighted by Gasteiger charge is -2.32. The largest absolute Gasteiger partial charge is 0.491 e. The van der Waals surface area contributed by atoms with Gasteiger partial charge in [-0.25, -0.2) is 25.0 Å². The SMILES string of the molecule is C=C1N=C(N)C(Br)=CN1[C@@H]1O[C@H](CCP(=C)(C)C)[C@@H](O)[C@H]1O.C=C1N=C(N)C(OC)=CN1[C@@H]1O[C@H](CCP(=C)(C)C)[C@@H](O)[C@H]1O.C=C1N=C(N)C(OC)=CN1[C@@H]1O[C@H](CCP(=C)(C)C)[C@@H](O)[C@H]1OC.C=C1N=C(NC(C)=O)C=CN1[C@@H]1O[C@H](CCP(=C)(C)C)[C@@H](O)[C@H]1OC.C=P(C)(C)CC[C@H]1O[C@@H](c2cn(C)c(=S)nc2C)[C@H](O)[C@@H]1O. The molecule has 0 aromatic carbocycles. The second-order valence-corrected chi connectivity index (χ2v) is 56.1. The molecule has 20 atom stereocenters. The number of carbonyl (C=O) groups excluding carboxylic acids is 1. The zero-order valence-corrected chi connectivity index (χ0v) is 77.2. The summed E-state index contributed by atoms with van der Waals surface area (Å²) in [6, 6.07) is 0. The molecule has 0 bridgehead atoms. The van der Waals surface area contributed by atoms with Crippen LogP contribution in [-0.4, -0.2) is 373 Å². The smallest absolute Gasteiger partial charge is 0.222 e. The van der Waals surface area contributed by atoms with Crippen molar-refractivity contribution in [2.75, 3.05) is 126 Å². The van der Waals surface area contributed by atoms with Gasteiger partial charge in [-0.3, -0.25) is 4.79 Å². The Kier molecular flexibility index (Phi) is 36.3. The maximum absolute atomic E-state index is 11.1. The predicted octanol–water partition coefficient (Wildman–Crippen LogP) is 4.64. The first-order valence-electron chi connectivity index (χ1n) is 37.7. The summed E-state index contributed by atoms with van der Waals surface area (Å²) in [4.78, 5) is 38.6. The number of aryl methyl sites for hydroxylation is 2. The van der Waals surface area contributed by atoms with Crippen LogP contribution in [0.1, 0.15) is 56.4 Å². The zero-order valence-electron chi connectivity index (χ0n) is 70.3. The van der Waals surface area contributed by atoms with Gasteiger partial charge in [0.15, 0.2) is 52.9 Å². The van der Waals surface area contributed by atoms with E-state index in [-0.39, 0.29) is 35.9 Å². The van der Waals surface area contributed by atoms with E-state index in [2.05, 4.69) is 171 Å². The minimum atomic E-state index is -1.23. The van der Waals surface area contributed by atoms with Gasteiger partial charge in [-0.05, 0) is 171 Å². The van der Waals surface area contributed by atoms with E-state index < -0.39 is 139 Å². The van der Waals surface area contributed by atoms with Gasteiger partial charge < -0.3 is 130 Å². The number of methoxy groups -OCH3 is 4. The first-order valence-corrected chi connectivity index (χ1v) is 54.1. The van der Waals surface area contributed by atoms with Gasteiger partial charge in [0.1, 0.15) is 102 Å². The van der Waals surface area contributed by atoms with E-state index in [1.54, 1.807) is 64.4 Å². The Morgan fingerprint density at radius 1 is 0.509 bits per heavy atom. The highest BCUT2D eigenvalue weighted by atomic mass is 79.9. The fourth-order valence-corrected chi connectivity index (χ4v) is 18.6. The Labute approximate surface area is 699 Å². The van der Waals surface area contributed by atoms with Crippen LogP contribution in [0.15, 0.2) is 123 Å². The molecule has 0 saturated carbocycles. The number of aliphatic hydroxyl groups excluding tert-OH is 8. The molecule has 9 aliphatic rings. The fourth-order valence-electron chi connectivity index (χ4n) is 13.3. The second kappa shape index (κ2) is 42.2. The maximum atomic E-state index is 11.1. The van der Waals surface area contributed by atoms with Crippen molar-refractivity contribution in [2.24, 2.45) is 44.2 Å². The number of amides is 1. The molecule has 15 N–H and O–H groups in total. The maximum Gasteiger partial charge on any atom is 0.222 e. The molecule has 0 spiro atoms. The summed E-state index contributed by atoms with van der Waals surface area (Å²) in [5.74, 6) is 3.29. The number of carbonyl (C=O) groups is 1. The topological polar surface area (TPSA) is 432 Å². The molecule has 5 fully saturated rings. The van der Waals surface area contributed by atoms with E-state index >= 15 is 0 Å². The molecule has 0 aliphatic carbocycles. The number of aliphatic imine (C=N–C) groups is 4. The molecule has 654 valence electrons. The number of nitrogens with two attached hydrogens (primary N) is 3. The van der Waals surface area contributed by atoms with Crippen molar-refractivity contribution in [3.63, 3.8) is 0 Å². The van der Waals surface area contributed by atoms with Gasteiger partial charge in [-0.1, -0.05) is 26.3 Å². The molecule has 32 nitrogen and oxygen atoms in total. The third kappa shape index (κ3) is 27.7. The van der Waals surface area contributed by atoms with Crippen LogP contribution in [0.25, 0.3) is 0 Å².